The second-order valence-electron chi connectivity index (χ2n) is 4.33. The van der Waals surface area contributed by atoms with E-state index >= 15 is 0 Å². The van der Waals surface area contributed by atoms with Crippen molar-refractivity contribution < 1.29 is 14.2 Å². The van der Waals surface area contributed by atoms with Crippen molar-refractivity contribution in [1.29, 1.82) is 0 Å². The first-order valence-corrected chi connectivity index (χ1v) is 6.83. The summed E-state index contributed by atoms with van der Waals surface area (Å²) in [5.74, 6) is 5.35. The van der Waals surface area contributed by atoms with Crippen LogP contribution in [0.2, 0.25) is 5.02 Å². The summed E-state index contributed by atoms with van der Waals surface area (Å²) in [6.07, 6.45) is 0.328. The Morgan fingerprint density at radius 3 is 2.57 bits per heavy atom. The Hall–Kier alpha value is -2.02. The van der Waals surface area contributed by atoms with E-state index in [4.69, 9.17) is 21.4 Å². The summed E-state index contributed by atoms with van der Waals surface area (Å²) in [6.45, 7) is 0.309. The molecule has 0 aliphatic carbocycles. The topological polar surface area (TPSA) is 29.5 Å². The molecule has 2 nitrogen and oxygen atoms in total. The van der Waals surface area contributed by atoms with E-state index in [1.807, 2.05) is 12.1 Å². The maximum Gasteiger partial charge on any atom is 0.142 e. The van der Waals surface area contributed by atoms with Crippen LogP contribution in [0.5, 0.6) is 5.75 Å². The van der Waals surface area contributed by atoms with E-state index in [-0.39, 0.29) is 6.61 Å². The molecule has 0 amide bonds. The van der Waals surface area contributed by atoms with Crippen LogP contribution in [0, 0.1) is 17.7 Å². The summed E-state index contributed by atoms with van der Waals surface area (Å²) < 4.78 is 19.3. The molecule has 0 heterocycles. The molecule has 0 aliphatic heterocycles. The van der Waals surface area contributed by atoms with Crippen LogP contribution in [-0.4, -0.2) is 11.7 Å². The fourth-order valence-corrected chi connectivity index (χ4v) is 1.77. The van der Waals surface area contributed by atoms with Crippen molar-refractivity contribution in [3.8, 4) is 17.6 Å². The van der Waals surface area contributed by atoms with E-state index in [0.29, 0.717) is 29.4 Å². The molecule has 1 N–H and O–H groups in total. The molecule has 0 atom stereocenters. The molecule has 0 fully saturated rings. The van der Waals surface area contributed by atoms with E-state index in [1.54, 1.807) is 24.3 Å². The second kappa shape index (κ2) is 7.68. The van der Waals surface area contributed by atoms with Crippen LogP contribution < -0.4 is 4.74 Å². The van der Waals surface area contributed by atoms with Crippen molar-refractivity contribution in [3.05, 3.63) is 64.4 Å². The first kappa shape index (κ1) is 15.4. The average Bonchev–Trinajstić information content (AvgIpc) is 2.49. The molecule has 108 valence electrons. The predicted molar refractivity (Wildman–Crippen MR) is 80.8 cm³/mol. The standard InChI is InChI=1S/C17H14ClFO2/c18-15-7-4-13(5-8-15)12-21-16-9-6-14(17(19)11-16)3-1-2-10-20/h4-9,11,20H,2,10,12H2. The summed E-state index contributed by atoms with van der Waals surface area (Å²) in [6, 6.07) is 11.8. The van der Waals surface area contributed by atoms with Gasteiger partial charge in [-0.05, 0) is 29.8 Å². The third-order valence-electron chi connectivity index (χ3n) is 2.72. The van der Waals surface area contributed by atoms with Gasteiger partial charge in [-0.25, -0.2) is 4.39 Å². The zero-order valence-electron chi connectivity index (χ0n) is 11.3. The normalized spacial score (nSPS) is 9.86. The van der Waals surface area contributed by atoms with Gasteiger partial charge in [0.2, 0.25) is 0 Å². The van der Waals surface area contributed by atoms with Gasteiger partial charge in [0, 0.05) is 17.5 Å². The highest BCUT2D eigenvalue weighted by molar-refractivity contribution is 6.30. The molecular weight excluding hydrogens is 291 g/mol. The molecule has 4 heteroatoms. The molecule has 0 unspecified atom stereocenters. The van der Waals surface area contributed by atoms with Gasteiger partial charge in [0.25, 0.3) is 0 Å². The van der Waals surface area contributed by atoms with E-state index in [2.05, 4.69) is 11.8 Å². The maximum atomic E-state index is 13.8. The maximum absolute atomic E-state index is 13.8. The molecule has 2 aromatic rings. The molecule has 2 aromatic carbocycles. The van der Waals surface area contributed by atoms with E-state index in [1.165, 1.54) is 6.07 Å². The van der Waals surface area contributed by atoms with Gasteiger partial charge in [0.1, 0.15) is 18.2 Å². The van der Waals surface area contributed by atoms with Gasteiger partial charge in [-0.1, -0.05) is 35.6 Å². The monoisotopic (exact) mass is 304 g/mol. The number of halogens is 2. The number of hydrogen-bond acceptors (Lipinski definition) is 2. The van der Waals surface area contributed by atoms with Gasteiger partial charge < -0.3 is 9.84 Å². The molecule has 0 aromatic heterocycles. The third kappa shape index (κ3) is 4.78. The van der Waals surface area contributed by atoms with Crippen molar-refractivity contribution in [2.45, 2.75) is 13.0 Å². The first-order valence-electron chi connectivity index (χ1n) is 6.45. The van der Waals surface area contributed by atoms with Gasteiger partial charge in [-0.2, -0.15) is 0 Å². The molecule has 0 radical (unpaired) electrons. The molecular formula is C17H14ClFO2. The number of benzene rings is 2. The quantitative estimate of drug-likeness (QED) is 0.871. The van der Waals surface area contributed by atoms with Gasteiger partial charge >= 0.3 is 0 Å². The largest absolute Gasteiger partial charge is 0.489 e. The Morgan fingerprint density at radius 1 is 1.14 bits per heavy atom. The van der Waals surface area contributed by atoms with Crippen molar-refractivity contribution in [3.63, 3.8) is 0 Å². The summed E-state index contributed by atoms with van der Waals surface area (Å²) >= 11 is 5.80. The van der Waals surface area contributed by atoms with Crippen LogP contribution in [-0.2, 0) is 6.61 Å². The van der Waals surface area contributed by atoms with Crippen molar-refractivity contribution in [2.75, 3.05) is 6.61 Å². The number of ether oxygens (including phenoxy) is 1. The highest BCUT2D eigenvalue weighted by Gasteiger charge is 2.03. The van der Waals surface area contributed by atoms with Crippen LogP contribution in [0.15, 0.2) is 42.5 Å². The number of rotatable bonds is 4. The second-order valence-corrected chi connectivity index (χ2v) is 4.77. The van der Waals surface area contributed by atoms with Crippen molar-refractivity contribution >= 4 is 11.6 Å². The first-order chi connectivity index (χ1) is 10.2. The van der Waals surface area contributed by atoms with Crippen molar-refractivity contribution in [2.24, 2.45) is 0 Å². The number of aliphatic hydroxyl groups excluding tert-OH is 1. The average molecular weight is 305 g/mol. The smallest absolute Gasteiger partial charge is 0.142 e. The fourth-order valence-electron chi connectivity index (χ4n) is 1.65. The lowest BCUT2D eigenvalue weighted by atomic mass is 10.2. The summed E-state index contributed by atoms with van der Waals surface area (Å²) in [5, 5.41) is 9.29. The van der Waals surface area contributed by atoms with Crippen molar-refractivity contribution in [1.82, 2.24) is 0 Å². The number of hydrogen-bond donors (Lipinski definition) is 1. The Labute approximate surface area is 128 Å². The Morgan fingerprint density at radius 2 is 1.90 bits per heavy atom. The lowest BCUT2D eigenvalue weighted by Gasteiger charge is -2.07. The predicted octanol–water partition coefficient (Wildman–Crippen LogP) is 3.79. The zero-order valence-corrected chi connectivity index (χ0v) is 12.0. The highest BCUT2D eigenvalue weighted by atomic mass is 35.5. The van der Waals surface area contributed by atoms with Gasteiger partial charge in [-0.3, -0.25) is 0 Å². The lowest BCUT2D eigenvalue weighted by Crippen LogP contribution is -1.96. The molecule has 2 rings (SSSR count). The van der Waals surface area contributed by atoms with E-state index in [9.17, 15) is 4.39 Å². The summed E-state index contributed by atoms with van der Waals surface area (Å²) in [4.78, 5) is 0. The van der Waals surface area contributed by atoms with Gasteiger partial charge in [0.15, 0.2) is 0 Å². The van der Waals surface area contributed by atoms with E-state index < -0.39 is 5.82 Å². The summed E-state index contributed by atoms with van der Waals surface area (Å²) in [7, 11) is 0. The Kier molecular flexibility index (Phi) is 5.62. The van der Waals surface area contributed by atoms with Crippen LogP contribution in [0.3, 0.4) is 0 Å². The fraction of sp³-hybridized carbons (Fsp3) is 0.176. The van der Waals surface area contributed by atoms with Gasteiger partial charge in [0.05, 0.1) is 12.2 Å². The van der Waals surface area contributed by atoms with E-state index in [0.717, 1.165) is 5.56 Å². The molecule has 21 heavy (non-hydrogen) atoms. The van der Waals surface area contributed by atoms with Crippen LogP contribution in [0.4, 0.5) is 4.39 Å². The minimum Gasteiger partial charge on any atom is -0.489 e. The molecule has 0 spiro atoms. The molecule has 0 saturated carbocycles. The summed E-state index contributed by atoms with van der Waals surface area (Å²) in [5.41, 5.74) is 1.24. The molecule has 0 saturated heterocycles. The SMILES string of the molecule is OCCC#Cc1ccc(OCc2ccc(Cl)cc2)cc1F. The van der Waals surface area contributed by atoms with Crippen LogP contribution in [0.25, 0.3) is 0 Å². The Balaban J connectivity index is 2.00. The van der Waals surface area contributed by atoms with Gasteiger partial charge in [-0.15, -0.1) is 0 Å². The molecule has 0 bridgehead atoms. The Bertz CT molecular complexity index is 657. The zero-order chi connectivity index (χ0) is 15.1. The minimum absolute atomic E-state index is 0.0308. The molecule has 0 aliphatic rings. The van der Waals surface area contributed by atoms with Crippen LogP contribution in [0.1, 0.15) is 17.5 Å². The lowest BCUT2D eigenvalue weighted by molar-refractivity contribution is 0.304. The number of aliphatic hydroxyl groups is 1. The third-order valence-corrected chi connectivity index (χ3v) is 2.97. The van der Waals surface area contributed by atoms with Crippen LogP contribution >= 0.6 is 11.6 Å². The highest BCUT2D eigenvalue weighted by Crippen LogP contribution is 2.18. The minimum atomic E-state index is -0.436.